The van der Waals surface area contributed by atoms with Gasteiger partial charge in [0.1, 0.15) is 12.6 Å². The lowest BCUT2D eigenvalue weighted by Gasteiger charge is -2.17. The van der Waals surface area contributed by atoms with Gasteiger partial charge in [0.05, 0.1) is 12.7 Å². The molecule has 0 aliphatic carbocycles. The molecule has 1 N–H and O–H groups in total. The van der Waals surface area contributed by atoms with E-state index in [4.69, 9.17) is 4.74 Å². The van der Waals surface area contributed by atoms with Crippen LogP contribution in [0, 0.1) is 0 Å². The molecule has 5 nitrogen and oxygen atoms in total. The number of hydrogen-bond acceptors (Lipinski definition) is 4. The summed E-state index contributed by atoms with van der Waals surface area (Å²) in [6.07, 6.45) is -4.41. The molecule has 0 unspecified atom stereocenters. The Hall–Kier alpha value is -2.09. The number of amides is 1. The first-order chi connectivity index (χ1) is 10.8. The van der Waals surface area contributed by atoms with E-state index in [1.165, 1.54) is 12.1 Å². The summed E-state index contributed by atoms with van der Waals surface area (Å²) in [6.45, 7) is 1.85. The molecule has 0 saturated carbocycles. The number of methoxy groups -OCH3 is 1. The summed E-state index contributed by atoms with van der Waals surface area (Å²) in [4.78, 5) is 23.3. The van der Waals surface area contributed by atoms with Crippen LogP contribution in [-0.2, 0) is 31.7 Å². The highest BCUT2D eigenvalue weighted by Crippen LogP contribution is 2.29. The molecule has 0 aromatic heterocycles. The molecule has 0 radical (unpaired) electrons. The van der Waals surface area contributed by atoms with Gasteiger partial charge in [0.2, 0.25) is 5.91 Å². The average Bonchev–Trinajstić information content (AvgIpc) is 2.51. The Balaban J connectivity index is 2.77. The molecular formula is C15H18F3NO4. The number of benzene rings is 1. The predicted molar refractivity (Wildman–Crippen MR) is 75.6 cm³/mol. The Labute approximate surface area is 131 Å². The fraction of sp³-hybridized carbons (Fsp3) is 0.467. The minimum Gasteiger partial charge on any atom is -0.467 e. The summed E-state index contributed by atoms with van der Waals surface area (Å²) < 4.78 is 47.0. The van der Waals surface area contributed by atoms with Gasteiger partial charge >= 0.3 is 12.1 Å². The predicted octanol–water partition coefficient (Wildman–Crippen LogP) is 1.94. The Bertz CT molecular complexity index is 529. The molecule has 0 spiro atoms. The molecule has 0 aliphatic rings. The van der Waals surface area contributed by atoms with Crippen LogP contribution in [0.4, 0.5) is 13.2 Å². The van der Waals surface area contributed by atoms with Crippen LogP contribution in [0.5, 0.6) is 0 Å². The van der Waals surface area contributed by atoms with Crippen LogP contribution in [-0.4, -0.2) is 38.2 Å². The minimum atomic E-state index is -4.42. The zero-order valence-corrected chi connectivity index (χ0v) is 12.8. The van der Waals surface area contributed by atoms with Crippen molar-refractivity contribution in [2.75, 3.05) is 20.3 Å². The first-order valence-corrected chi connectivity index (χ1v) is 6.89. The molecule has 0 saturated heterocycles. The summed E-state index contributed by atoms with van der Waals surface area (Å²) in [5, 5.41) is 2.44. The first-order valence-electron chi connectivity index (χ1n) is 6.89. The van der Waals surface area contributed by atoms with Gasteiger partial charge in [-0.2, -0.15) is 13.2 Å². The summed E-state index contributed by atoms with van der Waals surface area (Å²) in [5.41, 5.74) is -0.318. The number of rotatable bonds is 7. The van der Waals surface area contributed by atoms with Crippen LogP contribution >= 0.6 is 0 Å². The van der Waals surface area contributed by atoms with E-state index < -0.39 is 29.7 Å². The zero-order valence-electron chi connectivity index (χ0n) is 12.8. The van der Waals surface area contributed by atoms with Crippen molar-refractivity contribution in [2.45, 2.75) is 25.6 Å². The Morgan fingerprint density at radius 1 is 1.22 bits per heavy atom. The lowest BCUT2D eigenvalue weighted by molar-refractivity contribution is -0.145. The molecule has 0 aliphatic heterocycles. The number of halogens is 3. The van der Waals surface area contributed by atoms with Gasteiger partial charge in [-0.25, -0.2) is 4.79 Å². The molecule has 1 aromatic rings. The van der Waals surface area contributed by atoms with E-state index in [1.54, 1.807) is 6.92 Å². The second kappa shape index (κ2) is 8.52. The summed E-state index contributed by atoms with van der Waals surface area (Å²) in [5.74, 6) is -1.19. The van der Waals surface area contributed by atoms with Gasteiger partial charge in [-0.05, 0) is 24.6 Å². The van der Waals surface area contributed by atoms with E-state index >= 15 is 0 Å². The number of hydrogen-bond donors (Lipinski definition) is 1. The second-order valence-corrected chi connectivity index (χ2v) is 4.68. The van der Waals surface area contributed by atoms with Crippen LogP contribution < -0.4 is 5.32 Å². The Morgan fingerprint density at radius 2 is 1.83 bits per heavy atom. The van der Waals surface area contributed by atoms with Gasteiger partial charge in [-0.3, -0.25) is 4.79 Å². The van der Waals surface area contributed by atoms with Gasteiger partial charge in [-0.15, -0.1) is 0 Å². The van der Waals surface area contributed by atoms with E-state index in [1.807, 2.05) is 0 Å². The van der Waals surface area contributed by atoms with E-state index in [9.17, 15) is 22.8 Å². The highest BCUT2D eigenvalue weighted by Gasteiger charge is 2.30. The smallest absolute Gasteiger partial charge is 0.416 e. The standard InChI is InChI=1S/C15H18F3NO4/c1-3-23-9-13(20)19-12(14(21)22-2)8-10-4-6-11(7-5-10)15(16,17)18/h4-7,12H,3,8-9H2,1-2H3,(H,19,20)/t12-/m0/s1. The molecule has 0 bridgehead atoms. The van der Waals surface area contributed by atoms with Crippen molar-refractivity contribution in [1.29, 1.82) is 0 Å². The maximum absolute atomic E-state index is 12.5. The third kappa shape index (κ3) is 6.27. The largest absolute Gasteiger partial charge is 0.467 e. The summed E-state index contributed by atoms with van der Waals surface area (Å²) >= 11 is 0. The topological polar surface area (TPSA) is 64.6 Å². The molecule has 1 atom stereocenters. The van der Waals surface area contributed by atoms with Crippen molar-refractivity contribution in [3.8, 4) is 0 Å². The number of alkyl halides is 3. The number of nitrogens with one attached hydrogen (secondary N) is 1. The fourth-order valence-corrected chi connectivity index (χ4v) is 1.83. The van der Waals surface area contributed by atoms with Crippen LogP contribution in [0.2, 0.25) is 0 Å². The lowest BCUT2D eigenvalue weighted by atomic mass is 10.0. The molecular weight excluding hydrogens is 315 g/mol. The van der Waals surface area contributed by atoms with Crippen molar-refractivity contribution in [2.24, 2.45) is 0 Å². The van der Waals surface area contributed by atoms with Gasteiger partial charge in [-0.1, -0.05) is 12.1 Å². The van der Waals surface area contributed by atoms with Crippen LogP contribution in [0.3, 0.4) is 0 Å². The molecule has 1 aromatic carbocycles. The molecule has 1 amide bonds. The molecule has 23 heavy (non-hydrogen) atoms. The van der Waals surface area contributed by atoms with Gasteiger partial charge < -0.3 is 14.8 Å². The first kappa shape index (κ1) is 19.0. The summed E-state index contributed by atoms with van der Waals surface area (Å²) in [7, 11) is 1.16. The third-order valence-corrected chi connectivity index (χ3v) is 2.98. The van der Waals surface area contributed by atoms with Crippen LogP contribution in [0.25, 0.3) is 0 Å². The van der Waals surface area contributed by atoms with Crippen molar-refractivity contribution < 1.29 is 32.2 Å². The molecule has 8 heteroatoms. The highest BCUT2D eigenvalue weighted by molar-refractivity contribution is 5.85. The molecule has 128 valence electrons. The third-order valence-electron chi connectivity index (χ3n) is 2.98. The van der Waals surface area contributed by atoms with Gasteiger partial charge in [0.25, 0.3) is 0 Å². The average molecular weight is 333 g/mol. The molecule has 0 fully saturated rings. The van der Waals surface area contributed by atoms with Crippen LogP contribution in [0.15, 0.2) is 24.3 Å². The van der Waals surface area contributed by atoms with E-state index in [-0.39, 0.29) is 13.0 Å². The van der Waals surface area contributed by atoms with E-state index in [0.717, 1.165) is 19.2 Å². The summed E-state index contributed by atoms with van der Waals surface area (Å²) in [6, 6.07) is 3.36. The van der Waals surface area contributed by atoms with E-state index in [0.29, 0.717) is 12.2 Å². The number of carbonyl (C=O) groups excluding carboxylic acids is 2. The number of ether oxygens (including phenoxy) is 2. The zero-order chi connectivity index (χ0) is 17.5. The van der Waals surface area contributed by atoms with Crippen molar-refractivity contribution >= 4 is 11.9 Å². The molecule has 1 rings (SSSR count). The number of esters is 1. The normalized spacial score (nSPS) is 12.6. The monoisotopic (exact) mass is 333 g/mol. The second-order valence-electron chi connectivity index (χ2n) is 4.68. The van der Waals surface area contributed by atoms with Crippen molar-refractivity contribution in [3.63, 3.8) is 0 Å². The quantitative estimate of drug-likeness (QED) is 0.775. The minimum absolute atomic E-state index is 0.0165. The highest BCUT2D eigenvalue weighted by atomic mass is 19.4. The van der Waals surface area contributed by atoms with Crippen molar-refractivity contribution in [3.05, 3.63) is 35.4 Å². The Morgan fingerprint density at radius 3 is 2.30 bits per heavy atom. The van der Waals surface area contributed by atoms with Gasteiger partial charge in [0, 0.05) is 13.0 Å². The lowest BCUT2D eigenvalue weighted by Crippen LogP contribution is -2.44. The Kier molecular flexibility index (Phi) is 7.02. The van der Waals surface area contributed by atoms with Crippen LogP contribution in [0.1, 0.15) is 18.1 Å². The maximum Gasteiger partial charge on any atom is 0.416 e. The van der Waals surface area contributed by atoms with Gasteiger partial charge in [0.15, 0.2) is 0 Å². The molecule has 0 heterocycles. The number of carbonyl (C=O) groups is 2. The SMILES string of the molecule is CCOCC(=O)N[C@@H](Cc1ccc(C(F)(F)F)cc1)C(=O)OC. The maximum atomic E-state index is 12.5. The fourth-order valence-electron chi connectivity index (χ4n) is 1.83. The van der Waals surface area contributed by atoms with Crippen molar-refractivity contribution in [1.82, 2.24) is 5.32 Å². The van der Waals surface area contributed by atoms with E-state index in [2.05, 4.69) is 10.1 Å².